The van der Waals surface area contributed by atoms with Crippen LogP contribution in [0.25, 0.3) is 11.0 Å². The average Bonchev–Trinajstić information content (AvgIpc) is 2.92. The van der Waals surface area contributed by atoms with Crippen molar-refractivity contribution in [3.05, 3.63) is 29.2 Å². The van der Waals surface area contributed by atoms with Gasteiger partial charge in [0.15, 0.2) is 5.58 Å². The summed E-state index contributed by atoms with van der Waals surface area (Å²) in [5, 5.41) is 4.40. The summed E-state index contributed by atoms with van der Waals surface area (Å²) in [4.78, 5) is 19.2. The van der Waals surface area contributed by atoms with E-state index in [1.807, 2.05) is 0 Å². The predicted octanol–water partition coefficient (Wildman–Crippen LogP) is 2.69. The maximum Gasteiger partial charge on any atom is 0.270 e. The molecule has 3 fully saturated rings. The molecule has 6 heteroatoms. The van der Waals surface area contributed by atoms with E-state index in [0.29, 0.717) is 28.3 Å². The Morgan fingerprint density at radius 3 is 2.95 bits per heavy atom. The minimum atomic E-state index is -0.134. The quantitative estimate of drug-likeness (QED) is 0.924. The molecule has 116 valence electrons. The van der Waals surface area contributed by atoms with Crippen LogP contribution in [0.1, 0.15) is 30.3 Å². The van der Waals surface area contributed by atoms with Gasteiger partial charge >= 0.3 is 0 Å². The molecular weight excluding hydrogens is 302 g/mol. The molecule has 2 bridgehead atoms. The van der Waals surface area contributed by atoms with Gasteiger partial charge in [-0.1, -0.05) is 11.6 Å². The van der Waals surface area contributed by atoms with Crippen LogP contribution in [-0.4, -0.2) is 41.0 Å². The van der Waals surface area contributed by atoms with E-state index in [1.54, 1.807) is 12.3 Å². The first kappa shape index (κ1) is 14.0. The summed E-state index contributed by atoms with van der Waals surface area (Å²) < 4.78 is 5.26. The number of rotatable bonds is 2. The number of amides is 1. The van der Waals surface area contributed by atoms with E-state index in [-0.39, 0.29) is 11.9 Å². The van der Waals surface area contributed by atoms with E-state index in [4.69, 9.17) is 16.0 Å². The van der Waals surface area contributed by atoms with Crippen molar-refractivity contribution < 1.29 is 9.21 Å². The lowest BCUT2D eigenvalue weighted by molar-refractivity contribution is 0.0216. The van der Waals surface area contributed by atoms with Crippen molar-refractivity contribution in [3.8, 4) is 0 Å². The summed E-state index contributed by atoms with van der Waals surface area (Å²) in [7, 11) is 0. The van der Waals surface area contributed by atoms with E-state index in [2.05, 4.69) is 22.1 Å². The third-order valence-electron chi connectivity index (χ3n) is 5.12. The van der Waals surface area contributed by atoms with Crippen molar-refractivity contribution in [2.24, 2.45) is 5.92 Å². The summed E-state index contributed by atoms with van der Waals surface area (Å²) in [6.07, 6.45) is 5.34. The van der Waals surface area contributed by atoms with E-state index in [9.17, 15) is 4.79 Å². The molecule has 0 spiro atoms. The number of carbonyl (C=O) groups is 1. The molecule has 5 rings (SSSR count). The van der Waals surface area contributed by atoms with Gasteiger partial charge in [-0.3, -0.25) is 9.69 Å². The standard InChI is InChI=1S/C16H18ClN3O2/c1-9-15(10-2-4-20(9)5-3-10)19-16(21)13-6-11-12(17)8-22-14(11)7-18-13/h6-10,15H,2-5H2,1H3,(H,19,21)/t9-,15-/m0/s1. The Labute approximate surface area is 133 Å². The van der Waals surface area contributed by atoms with Crippen LogP contribution in [0.2, 0.25) is 5.02 Å². The molecule has 0 saturated carbocycles. The van der Waals surface area contributed by atoms with E-state index < -0.39 is 0 Å². The normalized spacial score (nSPS) is 30.6. The first-order valence-corrected chi connectivity index (χ1v) is 8.09. The van der Waals surface area contributed by atoms with Crippen molar-refractivity contribution >= 4 is 28.5 Å². The zero-order valence-electron chi connectivity index (χ0n) is 12.4. The largest absolute Gasteiger partial charge is 0.461 e. The van der Waals surface area contributed by atoms with Crippen molar-refractivity contribution in [1.82, 2.24) is 15.2 Å². The van der Waals surface area contributed by atoms with Gasteiger partial charge in [-0.25, -0.2) is 4.98 Å². The SMILES string of the molecule is C[C@H]1[C@H](NC(=O)c2cc3c(Cl)coc3cn2)C2CCN1CC2. The summed E-state index contributed by atoms with van der Waals surface area (Å²) in [6, 6.07) is 2.28. The van der Waals surface area contributed by atoms with Crippen LogP contribution < -0.4 is 5.32 Å². The Morgan fingerprint density at radius 1 is 1.45 bits per heavy atom. The molecule has 22 heavy (non-hydrogen) atoms. The Bertz CT molecular complexity index is 719. The lowest BCUT2D eigenvalue weighted by Gasteiger charge is -2.49. The van der Waals surface area contributed by atoms with Gasteiger partial charge < -0.3 is 9.73 Å². The monoisotopic (exact) mass is 319 g/mol. The second-order valence-electron chi connectivity index (χ2n) is 6.26. The number of pyridine rings is 1. The Balaban J connectivity index is 1.57. The smallest absolute Gasteiger partial charge is 0.270 e. The number of fused-ring (bicyclic) bond motifs is 4. The number of nitrogens with zero attached hydrogens (tertiary/aromatic N) is 2. The number of carbonyl (C=O) groups excluding carboxylic acids is 1. The maximum absolute atomic E-state index is 12.5. The summed E-state index contributed by atoms with van der Waals surface area (Å²) in [5.41, 5.74) is 0.984. The van der Waals surface area contributed by atoms with Crippen molar-refractivity contribution in [2.45, 2.75) is 31.8 Å². The third-order valence-corrected chi connectivity index (χ3v) is 5.41. The highest BCUT2D eigenvalue weighted by Crippen LogP contribution is 2.32. The number of hydrogen-bond acceptors (Lipinski definition) is 4. The highest BCUT2D eigenvalue weighted by atomic mass is 35.5. The molecule has 0 aliphatic carbocycles. The van der Waals surface area contributed by atoms with E-state index in [0.717, 1.165) is 31.3 Å². The molecular formula is C16H18ClN3O2. The van der Waals surface area contributed by atoms with Gasteiger partial charge in [-0.15, -0.1) is 0 Å². The molecule has 2 atom stereocenters. The number of piperidine rings is 3. The first-order valence-electron chi connectivity index (χ1n) is 7.71. The van der Waals surface area contributed by atoms with Crippen molar-refractivity contribution in [3.63, 3.8) is 0 Å². The molecule has 2 aromatic heterocycles. The van der Waals surface area contributed by atoms with Gasteiger partial charge in [-0.2, -0.15) is 0 Å². The predicted molar refractivity (Wildman–Crippen MR) is 84.0 cm³/mol. The Morgan fingerprint density at radius 2 is 2.23 bits per heavy atom. The fraction of sp³-hybridized carbons (Fsp3) is 0.500. The van der Waals surface area contributed by atoms with Gasteiger partial charge in [0.25, 0.3) is 5.91 Å². The second-order valence-corrected chi connectivity index (χ2v) is 6.67. The van der Waals surface area contributed by atoms with Crippen molar-refractivity contribution in [1.29, 1.82) is 0 Å². The second kappa shape index (κ2) is 5.25. The lowest BCUT2D eigenvalue weighted by Crippen LogP contribution is -2.62. The van der Waals surface area contributed by atoms with Gasteiger partial charge in [0.1, 0.15) is 12.0 Å². The molecule has 0 radical (unpaired) electrons. The van der Waals surface area contributed by atoms with Crippen molar-refractivity contribution in [2.75, 3.05) is 13.1 Å². The van der Waals surface area contributed by atoms with Crippen LogP contribution >= 0.6 is 11.6 Å². The van der Waals surface area contributed by atoms with Gasteiger partial charge in [-0.05, 0) is 44.8 Å². The minimum absolute atomic E-state index is 0.134. The fourth-order valence-corrected chi connectivity index (χ4v) is 3.99. The van der Waals surface area contributed by atoms with Gasteiger partial charge in [0, 0.05) is 17.5 Å². The number of aromatic nitrogens is 1. The Hall–Kier alpha value is -1.59. The highest BCUT2D eigenvalue weighted by Gasteiger charge is 2.40. The number of nitrogens with one attached hydrogen (secondary N) is 1. The molecule has 1 N–H and O–H groups in total. The summed E-state index contributed by atoms with van der Waals surface area (Å²) in [6.45, 7) is 4.49. The fourth-order valence-electron chi connectivity index (χ4n) is 3.80. The minimum Gasteiger partial charge on any atom is -0.461 e. The van der Waals surface area contributed by atoms with E-state index >= 15 is 0 Å². The average molecular weight is 320 g/mol. The summed E-state index contributed by atoms with van der Waals surface area (Å²) in [5.74, 6) is 0.440. The molecule has 3 aliphatic heterocycles. The molecule has 5 nitrogen and oxygen atoms in total. The number of hydrogen-bond donors (Lipinski definition) is 1. The van der Waals surface area contributed by atoms with Gasteiger partial charge in [0.05, 0.1) is 11.2 Å². The number of furan rings is 1. The zero-order valence-corrected chi connectivity index (χ0v) is 13.1. The molecule has 3 saturated heterocycles. The van der Waals surface area contributed by atoms with Crippen LogP contribution in [0.15, 0.2) is 22.9 Å². The molecule has 1 amide bonds. The highest BCUT2D eigenvalue weighted by molar-refractivity contribution is 6.35. The van der Waals surface area contributed by atoms with E-state index in [1.165, 1.54) is 6.26 Å². The van der Waals surface area contributed by atoms with Crippen LogP contribution in [-0.2, 0) is 0 Å². The van der Waals surface area contributed by atoms with Crippen LogP contribution in [0.3, 0.4) is 0 Å². The van der Waals surface area contributed by atoms with Gasteiger partial charge in [0.2, 0.25) is 0 Å². The first-order chi connectivity index (χ1) is 10.6. The topological polar surface area (TPSA) is 58.4 Å². The maximum atomic E-state index is 12.5. The molecule has 2 aromatic rings. The molecule has 5 heterocycles. The third kappa shape index (κ3) is 2.20. The lowest BCUT2D eigenvalue weighted by atomic mass is 9.79. The Kier molecular flexibility index (Phi) is 3.35. The molecule has 3 aliphatic rings. The molecule has 0 unspecified atom stereocenters. The van der Waals surface area contributed by atoms with Crippen LogP contribution in [0, 0.1) is 5.92 Å². The van der Waals surface area contributed by atoms with Crippen LogP contribution in [0.5, 0.6) is 0 Å². The zero-order chi connectivity index (χ0) is 15.3. The molecule has 0 aromatic carbocycles. The van der Waals surface area contributed by atoms with Crippen LogP contribution in [0.4, 0.5) is 0 Å². The number of halogens is 1. The summed E-state index contributed by atoms with van der Waals surface area (Å²) >= 11 is 6.06.